The predicted molar refractivity (Wildman–Crippen MR) is 39.9 cm³/mol. The fraction of sp³-hybridized carbons (Fsp3) is 1.00. The third-order valence-corrected chi connectivity index (χ3v) is 1.72. The second-order valence-corrected chi connectivity index (χ2v) is 3.32. The first-order chi connectivity index (χ1) is 4.61. The van der Waals surface area contributed by atoms with Gasteiger partial charge in [-0.15, -0.1) is 0 Å². The Morgan fingerprint density at radius 1 is 1.60 bits per heavy atom. The van der Waals surface area contributed by atoms with Gasteiger partial charge in [0.25, 0.3) is 0 Å². The molecule has 59 valence electrons. The highest BCUT2D eigenvalue weighted by atomic mass is 16.5. The van der Waals surface area contributed by atoms with Gasteiger partial charge < -0.3 is 10.5 Å². The molecule has 1 atom stereocenters. The third-order valence-electron chi connectivity index (χ3n) is 1.72. The highest BCUT2D eigenvalue weighted by Crippen LogP contribution is 2.08. The zero-order valence-electron chi connectivity index (χ0n) is 6.63. The average Bonchev–Trinajstić information content (AvgIpc) is 1.88. The van der Waals surface area contributed by atoms with Gasteiger partial charge in [0.2, 0.25) is 0 Å². The molecule has 3 nitrogen and oxygen atoms in total. The van der Waals surface area contributed by atoms with Crippen LogP contribution < -0.4 is 11.1 Å². The molecule has 2 N–H and O–H groups in total. The summed E-state index contributed by atoms with van der Waals surface area (Å²) in [5.41, 5.74) is 5.61. The van der Waals surface area contributed by atoms with Gasteiger partial charge in [0.1, 0.15) is 0 Å². The third kappa shape index (κ3) is 1.94. The van der Waals surface area contributed by atoms with Gasteiger partial charge >= 0.3 is 0 Å². The normalized spacial score (nSPS) is 28.5. The van der Waals surface area contributed by atoms with Crippen LogP contribution in [-0.2, 0) is 4.74 Å². The lowest BCUT2D eigenvalue weighted by molar-refractivity contribution is 0.0529. The summed E-state index contributed by atoms with van der Waals surface area (Å²) in [4.78, 5) is 0. The minimum atomic E-state index is -0.222. The van der Waals surface area contributed by atoms with Gasteiger partial charge in [-0.1, -0.05) is 0 Å². The number of hydrogen-bond acceptors (Lipinski definition) is 2. The zero-order valence-corrected chi connectivity index (χ0v) is 6.63. The van der Waals surface area contributed by atoms with Crippen molar-refractivity contribution in [2.45, 2.75) is 25.4 Å². The summed E-state index contributed by atoms with van der Waals surface area (Å²) >= 11 is 0. The molecule has 0 amide bonds. The van der Waals surface area contributed by atoms with E-state index in [4.69, 9.17) is 10.5 Å². The van der Waals surface area contributed by atoms with Crippen LogP contribution >= 0.6 is 0 Å². The Labute approximate surface area is 61.9 Å². The van der Waals surface area contributed by atoms with Gasteiger partial charge in [-0.05, 0) is 13.8 Å². The molecule has 1 aliphatic rings. The van der Waals surface area contributed by atoms with Crippen LogP contribution in [0.4, 0.5) is 0 Å². The van der Waals surface area contributed by atoms with Gasteiger partial charge in [-0.3, -0.25) is 0 Å². The van der Waals surface area contributed by atoms with Crippen LogP contribution in [0.25, 0.3) is 0 Å². The minimum Gasteiger partial charge on any atom is -0.378 e. The molecule has 0 bridgehead atoms. The molecule has 1 radical (unpaired) electrons. The number of ether oxygens (including phenoxy) is 1. The molecule has 0 aromatic carbocycles. The van der Waals surface area contributed by atoms with E-state index >= 15 is 0 Å². The molecule has 1 saturated heterocycles. The number of morpholine rings is 1. The van der Waals surface area contributed by atoms with Crippen LogP contribution in [0.15, 0.2) is 0 Å². The molecule has 1 unspecified atom stereocenters. The van der Waals surface area contributed by atoms with E-state index in [2.05, 4.69) is 5.32 Å². The zero-order chi connectivity index (χ0) is 7.61. The van der Waals surface area contributed by atoms with Gasteiger partial charge in [-0.2, -0.15) is 0 Å². The van der Waals surface area contributed by atoms with Crippen molar-refractivity contribution < 1.29 is 4.74 Å². The molecule has 3 heteroatoms. The van der Waals surface area contributed by atoms with Crippen LogP contribution in [0.2, 0.25) is 0 Å². The Balaban J connectivity index is 2.39. The molecule has 1 rings (SSSR count). The smallest absolute Gasteiger partial charge is 0.0655 e. The van der Waals surface area contributed by atoms with Crippen LogP contribution in [0, 0.1) is 0 Å². The lowest BCUT2D eigenvalue weighted by atomic mass is 9.96. The van der Waals surface area contributed by atoms with Crippen LogP contribution in [0.1, 0.15) is 13.8 Å². The summed E-state index contributed by atoms with van der Waals surface area (Å²) in [6.07, 6.45) is 0. The minimum absolute atomic E-state index is 0.182. The number of nitrogens with two attached hydrogens (primary N) is 1. The van der Waals surface area contributed by atoms with Crippen LogP contribution in [0.5, 0.6) is 0 Å². The summed E-state index contributed by atoms with van der Waals surface area (Å²) in [5, 5.41) is 4.35. The first-order valence-electron chi connectivity index (χ1n) is 3.64. The Morgan fingerprint density at radius 3 is 2.60 bits per heavy atom. The maximum absolute atomic E-state index is 5.84. The van der Waals surface area contributed by atoms with Gasteiger partial charge in [0.15, 0.2) is 0 Å². The lowest BCUT2D eigenvalue weighted by Gasteiger charge is -2.32. The SMILES string of the molecule is CC(C)(N)C1COCC[N]1. The second-order valence-electron chi connectivity index (χ2n) is 3.32. The van der Waals surface area contributed by atoms with E-state index in [0.29, 0.717) is 6.61 Å². The van der Waals surface area contributed by atoms with Gasteiger partial charge in [-0.25, -0.2) is 5.32 Å². The summed E-state index contributed by atoms with van der Waals surface area (Å²) in [5.74, 6) is 0. The van der Waals surface area contributed by atoms with Crippen molar-refractivity contribution in [2.24, 2.45) is 5.73 Å². The van der Waals surface area contributed by atoms with Crippen LogP contribution in [-0.4, -0.2) is 31.3 Å². The number of nitrogens with zero attached hydrogens (tertiary/aromatic N) is 1. The van der Waals surface area contributed by atoms with Crippen molar-refractivity contribution in [3.05, 3.63) is 0 Å². The summed E-state index contributed by atoms with van der Waals surface area (Å²) in [7, 11) is 0. The van der Waals surface area contributed by atoms with E-state index < -0.39 is 0 Å². The molecule has 1 heterocycles. The molecule has 0 saturated carbocycles. The summed E-state index contributed by atoms with van der Waals surface area (Å²) in [6.45, 7) is 6.20. The molecule has 0 aliphatic carbocycles. The van der Waals surface area contributed by atoms with Crippen molar-refractivity contribution in [1.82, 2.24) is 5.32 Å². The Morgan fingerprint density at radius 2 is 2.30 bits per heavy atom. The van der Waals surface area contributed by atoms with Crippen molar-refractivity contribution in [1.29, 1.82) is 0 Å². The Kier molecular flexibility index (Phi) is 2.28. The quantitative estimate of drug-likeness (QED) is 0.549. The van der Waals surface area contributed by atoms with Gasteiger partial charge in [0.05, 0.1) is 19.3 Å². The van der Waals surface area contributed by atoms with Crippen LogP contribution in [0.3, 0.4) is 0 Å². The number of rotatable bonds is 1. The van der Waals surface area contributed by atoms with E-state index in [1.54, 1.807) is 0 Å². The molecule has 0 aromatic heterocycles. The van der Waals surface area contributed by atoms with E-state index in [-0.39, 0.29) is 11.6 Å². The molecule has 10 heavy (non-hydrogen) atoms. The van der Waals surface area contributed by atoms with Crippen molar-refractivity contribution >= 4 is 0 Å². The monoisotopic (exact) mass is 143 g/mol. The average molecular weight is 143 g/mol. The highest BCUT2D eigenvalue weighted by molar-refractivity contribution is 4.89. The first kappa shape index (κ1) is 7.98. The second kappa shape index (κ2) is 2.86. The number of hydrogen-bond donors (Lipinski definition) is 1. The maximum atomic E-state index is 5.84. The van der Waals surface area contributed by atoms with E-state index in [1.807, 2.05) is 13.8 Å². The van der Waals surface area contributed by atoms with Crippen molar-refractivity contribution in [3.63, 3.8) is 0 Å². The van der Waals surface area contributed by atoms with E-state index in [0.717, 1.165) is 13.2 Å². The van der Waals surface area contributed by atoms with E-state index in [1.165, 1.54) is 0 Å². The Hall–Kier alpha value is -0.120. The molecular weight excluding hydrogens is 128 g/mol. The molecule has 1 fully saturated rings. The summed E-state index contributed by atoms with van der Waals surface area (Å²) in [6, 6.07) is 0.182. The largest absolute Gasteiger partial charge is 0.378 e. The first-order valence-corrected chi connectivity index (χ1v) is 3.64. The fourth-order valence-corrected chi connectivity index (χ4v) is 0.971. The molecule has 0 spiro atoms. The molecule has 0 aromatic rings. The highest BCUT2D eigenvalue weighted by Gasteiger charge is 2.27. The predicted octanol–water partition coefficient (Wildman–Crippen LogP) is -0.273. The Bertz CT molecular complexity index is 103. The fourth-order valence-electron chi connectivity index (χ4n) is 0.971. The van der Waals surface area contributed by atoms with E-state index in [9.17, 15) is 0 Å². The standard InChI is InChI=1S/C7H15N2O/c1-7(2,8)6-5-10-4-3-9-6/h6H,3-5,8H2,1-2H3. The maximum Gasteiger partial charge on any atom is 0.0655 e. The molecule has 1 aliphatic heterocycles. The van der Waals surface area contributed by atoms with Crippen molar-refractivity contribution in [3.8, 4) is 0 Å². The topological polar surface area (TPSA) is 49.4 Å². The van der Waals surface area contributed by atoms with Gasteiger partial charge in [0, 0.05) is 12.1 Å². The van der Waals surface area contributed by atoms with Crippen molar-refractivity contribution in [2.75, 3.05) is 19.8 Å². The molecular formula is C7H15N2O. The summed E-state index contributed by atoms with van der Waals surface area (Å²) < 4.78 is 5.23. The lowest BCUT2D eigenvalue weighted by Crippen LogP contribution is -2.55.